The number of anilines is 1. The first-order chi connectivity index (χ1) is 9.21. The summed E-state index contributed by atoms with van der Waals surface area (Å²) in [4.78, 5) is 12.9. The lowest BCUT2D eigenvalue weighted by molar-refractivity contribution is -0.137. The lowest BCUT2D eigenvalue weighted by Gasteiger charge is -2.29. The van der Waals surface area contributed by atoms with E-state index in [9.17, 15) is 13.2 Å². The van der Waals surface area contributed by atoms with Crippen LogP contribution in [-0.2, 0) is 14.6 Å². The topological polar surface area (TPSA) is 74.7 Å². The van der Waals surface area contributed by atoms with Gasteiger partial charge in [-0.2, -0.15) is 0 Å². The molecule has 0 fully saturated rings. The molecule has 0 bridgehead atoms. The Morgan fingerprint density at radius 3 is 2.20 bits per heavy atom. The van der Waals surface area contributed by atoms with Gasteiger partial charge >= 0.3 is 5.97 Å². The summed E-state index contributed by atoms with van der Waals surface area (Å²) in [5.74, 6) is -0.805. The van der Waals surface area contributed by atoms with Gasteiger partial charge in [0.15, 0.2) is 9.84 Å². The molecular weight excluding hydrogens is 278 g/mol. The first kappa shape index (κ1) is 16.5. The van der Waals surface area contributed by atoms with Crippen LogP contribution in [0.25, 0.3) is 0 Å². The summed E-state index contributed by atoms with van der Waals surface area (Å²) in [5.41, 5.74) is 0.901. The maximum absolute atomic E-state index is 11.4. The normalized spacial score (nSPS) is 11.6. The van der Waals surface area contributed by atoms with Gasteiger partial charge in [-0.15, -0.1) is 0 Å². The fourth-order valence-corrected chi connectivity index (χ4v) is 2.60. The van der Waals surface area contributed by atoms with E-state index in [1.54, 1.807) is 24.3 Å². The van der Waals surface area contributed by atoms with E-state index in [0.717, 1.165) is 5.69 Å². The van der Waals surface area contributed by atoms with Gasteiger partial charge in [0.25, 0.3) is 0 Å². The number of nitrogens with zero attached hydrogens (tertiary/aromatic N) is 1. The van der Waals surface area contributed by atoms with Crippen molar-refractivity contribution in [3.63, 3.8) is 0 Å². The monoisotopic (exact) mass is 299 g/mol. The molecule has 0 aromatic heterocycles. The molecule has 5 nitrogen and oxygen atoms in total. The predicted molar refractivity (Wildman–Crippen MR) is 78.9 cm³/mol. The number of carboxylic acid groups (broad SMARTS) is 1. The van der Waals surface area contributed by atoms with Gasteiger partial charge in [-0.05, 0) is 44.5 Å². The average molecular weight is 299 g/mol. The predicted octanol–water partition coefficient (Wildman–Crippen LogP) is 2.17. The molecule has 0 aliphatic carbocycles. The molecule has 0 unspecified atom stereocenters. The molecule has 0 aliphatic heterocycles. The smallest absolute Gasteiger partial charge is 0.303 e. The zero-order valence-electron chi connectivity index (χ0n) is 12.0. The molecule has 0 aliphatic rings. The van der Waals surface area contributed by atoms with E-state index in [-0.39, 0.29) is 17.4 Å². The minimum atomic E-state index is -3.19. The highest BCUT2D eigenvalue weighted by atomic mass is 32.2. The van der Waals surface area contributed by atoms with Crippen LogP contribution in [0, 0.1) is 0 Å². The summed E-state index contributed by atoms with van der Waals surface area (Å²) in [6.45, 7) is 4.67. The number of hydrogen-bond acceptors (Lipinski definition) is 4. The third kappa shape index (κ3) is 4.85. The molecule has 1 N–H and O–H groups in total. The maximum atomic E-state index is 11.4. The highest BCUT2D eigenvalue weighted by Crippen LogP contribution is 2.20. The first-order valence-electron chi connectivity index (χ1n) is 6.50. The Morgan fingerprint density at radius 1 is 1.25 bits per heavy atom. The molecule has 6 heteroatoms. The number of rotatable bonds is 7. The number of benzene rings is 1. The van der Waals surface area contributed by atoms with Crippen LogP contribution >= 0.6 is 0 Å². The molecule has 112 valence electrons. The second-order valence-electron chi connectivity index (χ2n) is 5.05. The molecule has 1 aromatic carbocycles. The SMILES string of the molecule is CC(C)N(CCCC(=O)O)c1ccc(S(C)(=O)=O)cc1. The Morgan fingerprint density at radius 2 is 1.80 bits per heavy atom. The molecule has 0 atom stereocenters. The first-order valence-corrected chi connectivity index (χ1v) is 8.39. The van der Waals surface area contributed by atoms with Gasteiger partial charge < -0.3 is 10.0 Å². The van der Waals surface area contributed by atoms with E-state index < -0.39 is 15.8 Å². The third-order valence-corrected chi connectivity index (χ3v) is 4.14. The van der Waals surface area contributed by atoms with Crippen LogP contribution in [0.3, 0.4) is 0 Å². The Hall–Kier alpha value is -1.56. The second kappa shape index (κ2) is 6.74. The van der Waals surface area contributed by atoms with Gasteiger partial charge in [0.05, 0.1) is 4.90 Å². The number of carbonyl (C=O) groups is 1. The van der Waals surface area contributed by atoms with E-state index in [2.05, 4.69) is 4.90 Å². The summed E-state index contributed by atoms with van der Waals surface area (Å²) in [6.07, 6.45) is 1.86. The minimum absolute atomic E-state index is 0.130. The van der Waals surface area contributed by atoms with E-state index in [0.29, 0.717) is 13.0 Å². The van der Waals surface area contributed by atoms with E-state index in [1.165, 1.54) is 6.26 Å². The van der Waals surface area contributed by atoms with Crippen molar-refractivity contribution in [1.82, 2.24) is 0 Å². The molecule has 1 aromatic rings. The zero-order chi connectivity index (χ0) is 15.3. The Balaban J connectivity index is 2.84. The molecule has 20 heavy (non-hydrogen) atoms. The molecule has 0 saturated heterocycles. The third-order valence-electron chi connectivity index (χ3n) is 3.01. The second-order valence-corrected chi connectivity index (χ2v) is 7.07. The molecule has 0 spiro atoms. The summed E-state index contributed by atoms with van der Waals surface area (Å²) in [5, 5.41) is 8.68. The quantitative estimate of drug-likeness (QED) is 0.835. The van der Waals surface area contributed by atoms with Crippen molar-refractivity contribution in [2.75, 3.05) is 17.7 Å². The number of sulfone groups is 1. The van der Waals surface area contributed by atoms with Gasteiger partial charge in [-0.25, -0.2) is 8.42 Å². The summed E-state index contributed by atoms with van der Waals surface area (Å²) in [7, 11) is -3.19. The number of carboxylic acids is 1. The summed E-state index contributed by atoms with van der Waals surface area (Å²) >= 11 is 0. The highest BCUT2D eigenvalue weighted by Gasteiger charge is 2.13. The zero-order valence-corrected chi connectivity index (χ0v) is 12.9. The van der Waals surface area contributed by atoms with Crippen molar-refractivity contribution < 1.29 is 18.3 Å². The van der Waals surface area contributed by atoms with E-state index >= 15 is 0 Å². The number of hydrogen-bond donors (Lipinski definition) is 1. The van der Waals surface area contributed by atoms with Crippen LogP contribution in [0.2, 0.25) is 0 Å². The van der Waals surface area contributed by atoms with Crippen molar-refractivity contribution in [1.29, 1.82) is 0 Å². The Kier molecular flexibility index (Phi) is 5.56. The van der Waals surface area contributed by atoms with Gasteiger partial charge in [-0.3, -0.25) is 4.79 Å². The summed E-state index contributed by atoms with van der Waals surface area (Å²) < 4.78 is 22.8. The van der Waals surface area contributed by atoms with Crippen molar-refractivity contribution in [2.24, 2.45) is 0 Å². The highest BCUT2D eigenvalue weighted by molar-refractivity contribution is 7.90. The fraction of sp³-hybridized carbons (Fsp3) is 0.500. The molecule has 1 rings (SSSR count). The van der Waals surface area contributed by atoms with Gasteiger partial charge in [0, 0.05) is 31.0 Å². The lowest BCUT2D eigenvalue weighted by Crippen LogP contribution is -2.32. The molecule has 0 radical (unpaired) electrons. The van der Waals surface area contributed by atoms with Crippen LogP contribution in [0.1, 0.15) is 26.7 Å². The maximum Gasteiger partial charge on any atom is 0.303 e. The minimum Gasteiger partial charge on any atom is -0.481 e. The van der Waals surface area contributed by atoms with Crippen LogP contribution in [-0.4, -0.2) is 38.3 Å². The van der Waals surface area contributed by atoms with Crippen LogP contribution in [0.5, 0.6) is 0 Å². The van der Waals surface area contributed by atoms with Crippen molar-refractivity contribution in [3.05, 3.63) is 24.3 Å². The molecule has 0 heterocycles. The van der Waals surface area contributed by atoms with Gasteiger partial charge in [0.1, 0.15) is 0 Å². The van der Waals surface area contributed by atoms with Gasteiger partial charge in [0.2, 0.25) is 0 Å². The molecule has 0 saturated carbocycles. The molecule has 0 amide bonds. The van der Waals surface area contributed by atoms with Crippen molar-refractivity contribution in [3.8, 4) is 0 Å². The molecular formula is C14H21NO4S. The van der Waals surface area contributed by atoms with Crippen molar-refractivity contribution in [2.45, 2.75) is 37.6 Å². The summed E-state index contributed by atoms with van der Waals surface area (Å²) in [6, 6.07) is 6.90. The largest absolute Gasteiger partial charge is 0.481 e. The Labute approximate surface area is 120 Å². The van der Waals surface area contributed by atoms with Crippen molar-refractivity contribution >= 4 is 21.5 Å². The van der Waals surface area contributed by atoms with Crippen LogP contribution in [0.15, 0.2) is 29.2 Å². The van der Waals surface area contributed by atoms with Crippen LogP contribution in [0.4, 0.5) is 5.69 Å². The van der Waals surface area contributed by atoms with E-state index in [4.69, 9.17) is 5.11 Å². The van der Waals surface area contributed by atoms with Crippen LogP contribution < -0.4 is 4.90 Å². The average Bonchev–Trinajstić information content (AvgIpc) is 2.33. The fourth-order valence-electron chi connectivity index (χ4n) is 1.97. The Bertz CT molecular complexity index is 549. The number of aliphatic carboxylic acids is 1. The lowest BCUT2D eigenvalue weighted by atomic mass is 10.2. The van der Waals surface area contributed by atoms with Gasteiger partial charge in [-0.1, -0.05) is 0 Å². The standard InChI is InChI=1S/C14H21NO4S/c1-11(2)15(10-4-5-14(16)17)12-6-8-13(9-7-12)20(3,18)19/h6-9,11H,4-5,10H2,1-3H3,(H,16,17). The van der Waals surface area contributed by atoms with E-state index in [1.807, 2.05) is 13.8 Å².